The van der Waals surface area contributed by atoms with Gasteiger partial charge in [-0.1, -0.05) is 18.2 Å². The molecule has 2 aliphatic heterocycles. The van der Waals surface area contributed by atoms with E-state index in [1.54, 1.807) is 7.11 Å². The maximum absolute atomic E-state index is 12.3. The molecule has 0 radical (unpaired) electrons. The van der Waals surface area contributed by atoms with Crippen molar-refractivity contribution in [2.24, 2.45) is 0 Å². The van der Waals surface area contributed by atoms with Gasteiger partial charge < -0.3 is 9.64 Å². The van der Waals surface area contributed by atoms with Crippen LogP contribution in [0.4, 0.5) is 0 Å². The van der Waals surface area contributed by atoms with Crippen molar-refractivity contribution in [2.75, 3.05) is 13.7 Å². The molecule has 3 rings (SSSR count). The van der Waals surface area contributed by atoms with Crippen molar-refractivity contribution in [1.82, 2.24) is 10.2 Å². The Hall–Kier alpha value is -1.39. The summed E-state index contributed by atoms with van der Waals surface area (Å²) < 4.78 is 5.32. The second-order valence-electron chi connectivity index (χ2n) is 4.95. The number of nitrogens with zero attached hydrogens (tertiary/aromatic N) is 1. The molecule has 0 aromatic heterocycles. The number of piperidine rings is 1. The second kappa shape index (κ2) is 4.71. The van der Waals surface area contributed by atoms with E-state index in [1.165, 1.54) is 0 Å². The van der Waals surface area contributed by atoms with E-state index in [0.717, 1.165) is 37.1 Å². The van der Waals surface area contributed by atoms with E-state index in [-0.39, 0.29) is 18.2 Å². The van der Waals surface area contributed by atoms with Crippen molar-refractivity contribution in [3.8, 4) is 0 Å². The summed E-state index contributed by atoms with van der Waals surface area (Å²) in [6.07, 6.45) is 2.39. The summed E-state index contributed by atoms with van der Waals surface area (Å²) in [6, 6.07) is 7.87. The summed E-state index contributed by atoms with van der Waals surface area (Å²) in [5, 5.41) is 3.41. The summed E-state index contributed by atoms with van der Waals surface area (Å²) in [4.78, 5) is 14.2. The van der Waals surface area contributed by atoms with Crippen LogP contribution >= 0.6 is 0 Å². The minimum Gasteiger partial charge on any atom is -0.380 e. The third-order valence-corrected chi connectivity index (χ3v) is 3.90. The molecular weight excluding hydrogens is 228 g/mol. The smallest absolute Gasteiger partial charge is 0.255 e. The van der Waals surface area contributed by atoms with Gasteiger partial charge in [-0.2, -0.15) is 0 Å². The van der Waals surface area contributed by atoms with Crippen molar-refractivity contribution in [1.29, 1.82) is 0 Å². The van der Waals surface area contributed by atoms with Crippen LogP contribution in [0.2, 0.25) is 0 Å². The van der Waals surface area contributed by atoms with Gasteiger partial charge >= 0.3 is 0 Å². The predicted octanol–water partition coefficient (Wildman–Crippen LogP) is 1.37. The summed E-state index contributed by atoms with van der Waals surface area (Å²) >= 11 is 0. The van der Waals surface area contributed by atoms with Gasteiger partial charge in [0.2, 0.25) is 0 Å². The Balaban J connectivity index is 1.71. The highest BCUT2D eigenvalue weighted by Crippen LogP contribution is 2.26. The van der Waals surface area contributed by atoms with Crippen molar-refractivity contribution >= 4 is 5.91 Å². The first-order chi connectivity index (χ1) is 8.79. The number of nitrogens with one attached hydrogen (secondary N) is 1. The first-order valence-electron chi connectivity index (χ1n) is 6.44. The molecule has 1 fully saturated rings. The molecule has 1 aromatic carbocycles. The topological polar surface area (TPSA) is 41.6 Å². The zero-order chi connectivity index (χ0) is 12.5. The van der Waals surface area contributed by atoms with E-state index in [0.29, 0.717) is 0 Å². The first kappa shape index (κ1) is 11.7. The molecule has 18 heavy (non-hydrogen) atoms. The number of hydrogen-bond acceptors (Lipinski definition) is 3. The highest BCUT2D eigenvalue weighted by atomic mass is 16.5. The molecule has 0 aliphatic carbocycles. The lowest BCUT2D eigenvalue weighted by atomic mass is 10.1. The summed E-state index contributed by atoms with van der Waals surface area (Å²) in [6.45, 7) is 1.55. The fraction of sp³-hybridized carbons (Fsp3) is 0.500. The molecule has 2 atom stereocenters. The number of carbonyl (C=O) groups is 1. The number of ether oxygens (including phenoxy) is 1. The van der Waals surface area contributed by atoms with Gasteiger partial charge in [-0.3, -0.25) is 10.1 Å². The fourth-order valence-corrected chi connectivity index (χ4v) is 2.81. The second-order valence-corrected chi connectivity index (χ2v) is 4.95. The van der Waals surface area contributed by atoms with Gasteiger partial charge in [0.05, 0.1) is 12.3 Å². The average molecular weight is 246 g/mol. The number of hydrogen-bond donors (Lipinski definition) is 1. The van der Waals surface area contributed by atoms with Crippen LogP contribution in [-0.2, 0) is 11.3 Å². The van der Waals surface area contributed by atoms with Gasteiger partial charge in [-0.25, -0.2) is 0 Å². The van der Waals surface area contributed by atoms with Crippen LogP contribution < -0.4 is 5.32 Å². The third-order valence-electron chi connectivity index (χ3n) is 3.90. The van der Waals surface area contributed by atoms with Crippen molar-refractivity contribution < 1.29 is 9.53 Å². The number of amides is 1. The monoisotopic (exact) mass is 246 g/mol. The molecule has 2 aliphatic rings. The predicted molar refractivity (Wildman–Crippen MR) is 68.1 cm³/mol. The van der Waals surface area contributed by atoms with E-state index in [9.17, 15) is 4.79 Å². The highest BCUT2D eigenvalue weighted by Gasteiger charge is 2.34. The molecule has 1 amide bonds. The van der Waals surface area contributed by atoms with Crippen LogP contribution in [0.5, 0.6) is 0 Å². The van der Waals surface area contributed by atoms with Gasteiger partial charge in [0.1, 0.15) is 0 Å². The van der Waals surface area contributed by atoms with Crippen molar-refractivity contribution in [3.63, 3.8) is 0 Å². The van der Waals surface area contributed by atoms with Gasteiger partial charge in [0.15, 0.2) is 0 Å². The summed E-state index contributed by atoms with van der Waals surface area (Å²) in [5.74, 6) is 0.152. The van der Waals surface area contributed by atoms with E-state index >= 15 is 0 Å². The molecular formula is C14H18N2O2. The largest absolute Gasteiger partial charge is 0.380 e. The molecule has 1 aromatic rings. The minimum atomic E-state index is 0.149. The molecule has 2 unspecified atom stereocenters. The Kier molecular flexibility index (Phi) is 3.06. The van der Waals surface area contributed by atoms with Crippen molar-refractivity contribution in [2.45, 2.75) is 31.7 Å². The zero-order valence-electron chi connectivity index (χ0n) is 10.6. The Bertz CT molecular complexity index is 453. The first-order valence-corrected chi connectivity index (χ1v) is 6.44. The molecule has 0 spiro atoms. The Morgan fingerprint density at radius 2 is 2.17 bits per heavy atom. The quantitative estimate of drug-likeness (QED) is 0.857. The van der Waals surface area contributed by atoms with Crippen LogP contribution in [0, 0.1) is 0 Å². The maximum Gasteiger partial charge on any atom is 0.255 e. The van der Waals surface area contributed by atoms with Gasteiger partial charge in [-0.05, 0) is 24.5 Å². The van der Waals surface area contributed by atoms with Crippen LogP contribution in [0.3, 0.4) is 0 Å². The van der Waals surface area contributed by atoms with E-state index in [4.69, 9.17) is 4.74 Å². The molecule has 2 heterocycles. The Morgan fingerprint density at radius 1 is 1.33 bits per heavy atom. The molecule has 1 saturated heterocycles. The molecule has 1 N–H and O–H groups in total. The lowest BCUT2D eigenvalue weighted by molar-refractivity contribution is 0.0321. The normalized spacial score (nSPS) is 27.4. The highest BCUT2D eigenvalue weighted by molar-refractivity contribution is 5.98. The fourth-order valence-electron chi connectivity index (χ4n) is 2.81. The minimum absolute atomic E-state index is 0.149. The SMILES string of the molecule is COC1CCC(N2Cc3ccccc3C2=O)NC1. The van der Waals surface area contributed by atoms with E-state index in [1.807, 2.05) is 29.2 Å². The van der Waals surface area contributed by atoms with Gasteiger partial charge in [-0.15, -0.1) is 0 Å². The number of carbonyl (C=O) groups excluding carboxylic acids is 1. The molecule has 96 valence electrons. The number of benzene rings is 1. The van der Waals surface area contributed by atoms with E-state index < -0.39 is 0 Å². The number of methoxy groups -OCH3 is 1. The average Bonchev–Trinajstić information content (AvgIpc) is 2.77. The Labute approximate surface area is 107 Å². The number of fused-ring (bicyclic) bond motifs is 1. The zero-order valence-corrected chi connectivity index (χ0v) is 10.6. The molecule has 0 saturated carbocycles. The van der Waals surface area contributed by atoms with Crippen LogP contribution in [-0.4, -0.2) is 36.7 Å². The molecule has 0 bridgehead atoms. The van der Waals surface area contributed by atoms with Crippen LogP contribution in [0.25, 0.3) is 0 Å². The standard InChI is InChI=1S/C14H18N2O2/c1-18-11-6-7-13(15-8-11)16-9-10-4-2-3-5-12(10)14(16)17/h2-5,11,13,15H,6-9H2,1H3. The summed E-state index contributed by atoms with van der Waals surface area (Å²) in [7, 11) is 1.74. The van der Waals surface area contributed by atoms with E-state index in [2.05, 4.69) is 5.32 Å². The van der Waals surface area contributed by atoms with Gasteiger partial charge in [0, 0.05) is 25.8 Å². The number of rotatable bonds is 2. The van der Waals surface area contributed by atoms with Crippen LogP contribution in [0.15, 0.2) is 24.3 Å². The molecule has 4 heteroatoms. The van der Waals surface area contributed by atoms with Gasteiger partial charge in [0.25, 0.3) is 5.91 Å². The lowest BCUT2D eigenvalue weighted by Gasteiger charge is -2.35. The van der Waals surface area contributed by atoms with Crippen molar-refractivity contribution in [3.05, 3.63) is 35.4 Å². The lowest BCUT2D eigenvalue weighted by Crippen LogP contribution is -2.52. The third kappa shape index (κ3) is 1.91. The Morgan fingerprint density at radius 3 is 2.83 bits per heavy atom. The maximum atomic E-state index is 12.3. The van der Waals surface area contributed by atoms with Crippen LogP contribution in [0.1, 0.15) is 28.8 Å². The molecule has 4 nitrogen and oxygen atoms in total. The summed E-state index contributed by atoms with van der Waals surface area (Å²) in [5.41, 5.74) is 1.99.